The van der Waals surface area contributed by atoms with Crippen molar-refractivity contribution in [2.75, 3.05) is 19.5 Å². The van der Waals surface area contributed by atoms with Gasteiger partial charge in [0.25, 0.3) is 5.91 Å². The molecule has 2 aromatic rings. The second-order valence-corrected chi connectivity index (χ2v) is 5.06. The molecule has 0 aromatic carbocycles. The van der Waals surface area contributed by atoms with E-state index in [4.69, 9.17) is 9.26 Å². The van der Waals surface area contributed by atoms with Crippen molar-refractivity contribution in [1.82, 2.24) is 5.16 Å². The number of hydrogen-bond acceptors (Lipinski definition) is 7. The molecule has 112 valence electrons. The highest BCUT2D eigenvalue weighted by Crippen LogP contribution is 2.28. The maximum atomic E-state index is 12.1. The lowest BCUT2D eigenvalue weighted by Crippen LogP contribution is -2.15. The number of amides is 1. The fourth-order valence-corrected chi connectivity index (χ4v) is 2.57. The minimum absolute atomic E-state index is 0.114. The number of ether oxygens (including phenoxy) is 2. The fraction of sp³-hybridized carbons (Fsp3) is 0.308. The molecule has 8 heteroatoms. The molecule has 0 unspecified atom stereocenters. The number of aryl methyl sites for hydroxylation is 1. The Morgan fingerprint density at radius 2 is 2.19 bits per heavy atom. The Hall–Kier alpha value is -2.19. The van der Waals surface area contributed by atoms with Crippen molar-refractivity contribution in [3.8, 4) is 0 Å². The SMILES string of the molecule is COCc1cc(C(=O)Nc2c(C)csc2C(=O)OC)no1. The van der Waals surface area contributed by atoms with Gasteiger partial charge in [0.2, 0.25) is 0 Å². The average molecular weight is 310 g/mol. The summed E-state index contributed by atoms with van der Waals surface area (Å²) in [4.78, 5) is 24.1. The average Bonchev–Trinajstić information content (AvgIpc) is 3.07. The number of anilines is 1. The molecule has 0 fully saturated rings. The number of carbonyl (C=O) groups excluding carboxylic acids is 2. The van der Waals surface area contributed by atoms with Crippen LogP contribution in [0.15, 0.2) is 16.0 Å². The molecule has 0 aliphatic rings. The predicted molar refractivity (Wildman–Crippen MR) is 75.6 cm³/mol. The van der Waals surface area contributed by atoms with Crippen molar-refractivity contribution in [3.05, 3.63) is 33.3 Å². The molecule has 21 heavy (non-hydrogen) atoms. The lowest BCUT2D eigenvalue weighted by atomic mass is 10.2. The first-order valence-electron chi connectivity index (χ1n) is 5.99. The molecule has 7 nitrogen and oxygen atoms in total. The Balaban J connectivity index is 2.19. The van der Waals surface area contributed by atoms with E-state index in [9.17, 15) is 9.59 Å². The summed E-state index contributed by atoms with van der Waals surface area (Å²) in [7, 11) is 2.80. The van der Waals surface area contributed by atoms with Crippen molar-refractivity contribution < 1.29 is 23.6 Å². The fourth-order valence-electron chi connectivity index (χ4n) is 1.65. The second kappa shape index (κ2) is 6.51. The third-order valence-electron chi connectivity index (χ3n) is 2.66. The van der Waals surface area contributed by atoms with Crippen LogP contribution in [0.4, 0.5) is 5.69 Å². The summed E-state index contributed by atoms with van der Waals surface area (Å²) in [5.74, 6) is -0.519. The van der Waals surface area contributed by atoms with E-state index in [-0.39, 0.29) is 12.3 Å². The first-order valence-corrected chi connectivity index (χ1v) is 6.87. The van der Waals surface area contributed by atoms with Crippen molar-refractivity contribution >= 4 is 28.9 Å². The number of rotatable bonds is 5. The first-order chi connectivity index (χ1) is 10.1. The van der Waals surface area contributed by atoms with Crippen molar-refractivity contribution in [2.24, 2.45) is 0 Å². The third kappa shape index (κ3) is 3.29. The van der Waals surface area contributed by atoms with Gasteiger partial charge in [0, 0.05) is 13.2 Å². The van der Waals surface area contributed by atoms with Gasteiger partial charge in [-0.3, -0.25) is 4.79 Å². The van der Waals surface area contributed by atoms with Gasteiger partial charge in [-0.1, -0.05) is 5.16 Å². The molecule has 0 saturated carbocycles. The highest BCUT2D eigenvalue weighted by molar-refractivity contribution is 7.12. The molecule has 0 aliphatic heterocycles. The van der Waals surface area contributed by atoms with E-state index < -0.39 is 11.9 Å². The van der Waals surface area contributed by atoms with Crippen LogP contribution in [0.25, 0.3) is 0 Å². The van der Waals surface area contributed by atoms with E-state index in [0.29, 0.717) is 16.3 Å². The third-order valence-corrected chi connectivity index (χ3v) is 3.74. The summed E-state index contributed by atoms with van der Waals surface area (Å²) in [6.45, 7) is 2.02. The summed E-state index contributed by atoms with van der Waals surface area (Å²) in [6.07, 6.45) is 0. The van der Waals surface area contributed by atoms with Crippen molar-refractivity contribution in [3.63, 3.8) is 0 Å². The van der Waals surface area contributed by atoms with E-state index in [2.05, 4.69) is 15.2 Å². The molecule has 0 spiro atoms. The van der Waals surface area contributed by atoms with E-state index in [1.807, 2.05) is 0 Å². The maximum Gasteiger partial charge on any atom is 0.350 e. The van der Waals surface area contributed by atoms with Gasteiger partial charge in [-0.25, -0.2) is 4.79 Å². The number of hydrogen-bond donors (Lipinski definition) is 1. The lowest BCUT2D eigenvalue weighted by molar-refractivity contribution is 0.0607. The van der Waals surface area contributed by atoms with Crippen LogP contribution < -0.4 is 5.32 Å². The van der Waals surface area contributed by atoms with Gasteiger partial charge in [0.1, 0.15) is 11.5 Å². The standard InChI is InChI=1S/C13H14N2O5S/c1-7-6-21-11(13(17)19-3)10(7)14-12(16)9-4-8(5-18-2)20-15-9/h4,6H,5H2,1-3H3,(H,14,16). The zero-order valence-electron chi connectivity index (χ0n) is 11.8. The van der Waals surface area contributed by atoms with Gasteiger partial charge in [0.05, 0.1) is 12.8 Å². The molecule has 2 aromatic heterocycles. The number of methoxy groups -OCH3 is 2. The largest absolute Gasteiger partial charge is 0.465 e. The van der Waals surface area contributed by atoms with Crippen LogP contribution in [0.3, 0.4) is 0 Å². The number of nitrogens with zero attached hydrogens (tertiary/aromatic N) is 1. The molecule has 0 atom stereocenters. The number of nitrogens with one attached hydrogen (secondary N) is 1. The Kier molecular flexibility index (Phi) is 4.71. The van der Waals surface area contributed by atoms with Gasteiger partial charge in [-0.15, -0.1) is 11.3 Å². The van der Waals surface area contributed by atoms with Gasteiger partial charge in [-0.05, 0) is 17.9 Å². The summed E-state index contributed by atoms with van der Waals surface area (Å²) in [6, 6.07) is 1.48. The van der Waals surface area contributed by atoms with Crippen LogP contribution in [0.1, 0.15) is 31.5 Å². The van der Waals surface area contributed by atoms with Crippen LogP contribution in [0, 0.1) is 6.92 Å². The molecule has 0 bridgehead atoms. The Labute approximate surface area is 124 Å². The molecule has 1 amide bonds. The highest BCUT2D eigenvalue weighted by Gasteiger charge is 2.20. The highest BCUT2D eigenvalue weighted by atomic mass is 32.1. The number of esters is 1. The molecule has 0 saturated heterocycles. The number of thiophene rings is 1. The first kappa shape index (κ1) is 15.2. The lowest BCUT2D eigenvalue weighted by Gasteiger charge is -2.05. The van der Waals surface area contributed by atoms with Gasteiger partial charge < -0.3 is 19.3 Å². The van der Waals surface area contributed by atoms with E-state index >= 15 is 0 Å². The minimum Gasteiger partial charge on any atom is -0.465 e. The summed E-state index contributed by atoms with van der Waals surface area (Å²) in [5.41, 5.74) is 1.31. The van der Waals surface area contributed by atoms with Gasteiger partial charge in [0.15, 0.2) is 11.5 Å². The Morgan fingerprint density at radius 3 is 2.86 bits per heavy atom. The van der Waals surface area contributed by atoms with Gasteiger partial charge in [-0.2, -0.15) is 0 Å². The van der Waals surface area contributed by atoms with Crippen LogP contribution in [-0.4, -0.2) is 31.3 Å². The summed E-state index contributed by atoms with van der Waals surface area (Å²) >= 11 is 1.21. The maximum absolute atomic E-state index is 12.1. The van der Waals surface area contributed by atoms with Crippen molar-refractivity contribution in [1.29, 1.82) is 0 Å². The smallest absolute Gasteiger partial charge is 0.350 e. The monoisotopic (exact) mass is 310 g/mol. The predicted octanol–water partition coefficient (Wildman–Crippen LogP) is 2.23. The van der Waals surface area contributed by atoms with E-state index in [0.717, 1.165) is 5.56 Å². The van der Waals surface area contributed by atoms with Crippen LogP contribution in [-0.2, 0) is 16.1 Å². The molecule has 0 aliphatic carbocycles. The summed E-state index contributed by atoms with van der Waals surface area (Å²) < 4.78 is 14.5. The molecular weight excluding hydrogens is 296 g/mol. The molecular formula is C13H14N2O5S. The van der Waals surface area contributed by atoms with Gasteiger partial charge >= 0.3 is 5.97 Å². The normalized spacial score (nSPS) is 10.4. The van der Waals surface area contributed by atoms with E-state index in [1.54, 1.807) is 12.3 Å². The van der Waals surface area contributed by atoms with E-state index in [1.165, 1.54) is 31.6 Å². The zero-order chi connectivity index (χ0) is 15.4. The molecule has 2 rings (SSSR count). The molecule has 0 radical (unpaired) electrons. The topological polar surface area (TPSA) is 90.7 Å². The second-order valence-electron chi connectivity index (χ2n) is 4.18. The molecule has 1 N–H and O–H groups in total. The Morgan fingerprint density at radius 1 is 1.43 bits per heavy atom. The van der Waals surface area contributed by atoms with Crippen LogP contribution >= 0.6 is 11.3 Å². The quantitative estimate of drug-likeness (QED) is 0.852. The van der Waals surface area contributed by atoms with Crippen LogP contribution in [0.2, 0.25) is 0 Å². The summed E-state index contributed by atoms with van der Waals surface area (Å²) in [5, 5.41) is 8.08. The minimum atomic E-state index is -0.497. The Bertz CT molecular complexity index is 661. The van der Waals surface area contributed by atoms with Crippen molar-refractivity contribution in [2.45, 2.75) is 13.5 Å². The number of aromatic nitrogens is 1. The number of carbonyl (C=O) groups is 2. The van der Waals surface area contributed by atoms with Crippen LogP contribution in [0.5, 0.6) is 0 Å². The zero-order valence-corrected chi connectivity index (χ0v) is 12.6. The molecule has 2 heterocycles.